The monoisotopic (exact) mass is 541 g/mol. The van der Waals surface area contributed by atoms with E-state index in [1.807, 2.05) is 6.07 Å². The summed E-state index contributed by atoms with van der Waals surface area (Å²) in [6.07, 6.45) is 2.20. The number of para-hydroxylation sites is 1. The molecule has 5 rings (SSSR count). The Morgan fingerprint density at radius 1 is 0.821 bits per heavy atom. The summed E-state index contributed by atoms with van der Waals surface area (Å²) in [4.78, 5) is 4.89. The second-order valence-corrected chi connectivity index (χ2v) is 7.40. The van der Waals surface area contributed by atoms with Crippen LogP contribution in [0.2, 0.25) is 0 Å². The molecule has 0 bridgehead atoms. The molecule has 0 saturated heterocycles. The Kier molecular flexibility index (Phi) is 4.95. The first-order valence-electron chi connectivity index (χ1n) is 9.79. The van der Waals surface area contributed by atoms with Gasteiger partial charge in [-0.05, 0) is 35.6 Å². The molecule has 1 nitrogen and oxygen atoms in total. The van der Waals surface area contributed by atoms with Crippen molar-refractivity contribution in [3.8, 4) is 22.4 Å². The normalized spacial score (nSPS) is 13.6. The van der Waals surface area contributed by atoms with Gasteiger partial charge in [0.2, 0.25) is 0 Å². The van der Waals surface area contributed by atoms with Crippen LogP contribution in [0, 0.1) is 6.07 Å². The number of benzene rings is 3. The second-order valence-electron chi connectivity index (χ2n) is 7.40. The fourth-order valence-electron chi connectivity index (χ4n) is 4.77. The van der Waals surface area contributed by atoms with Crippen molar-refractivity contribution in [2.45, 2.75) is 32.1 Å². The van der Waals surface area contributed by atoms with Crippen LogP contribution in [0.1, 0.15) is 37.8 Å². The van der Waals surface area contributed by atoms with E-state index in [0.29, 0.717) is 0 Å². The van der Waals surface area contributed by atoms with Gasteiger partial charge in [0, 0.05) is 25.5 Å². The van der Waals surface area contributed by atoms with E-state index >= 15 is 0 Å². The quantitative estimate of drug-likeness (QED) is 0.261. The Bertz CT molecular complexity index is 1160. The molecule has 3 aromatic carbocycles. The molecule has 0 saturated carbocycles. The van der Waals surface area contributed by atoms with Gasteiger partial charge in [0.25, 0.3) is 0 Å². The summed E-state index contributed by atoms with van der Waals surface area (Å²) in [6.45, 7) is 4.61. The summed E-state index contributed by atoms with van der Waals surface area (Å²) >= 11 is 0. The Balaban J connectivity index is 0.00000192. The largest absolute Gasteiger partial charge is 0.296 e. The van der Waals surface area contributed by atoms with Gasteiger partial charge in [0.05, 0.1) is 5.52 Å². The van der Waals surface area contributed by atoms with Crippen molar-refractivity contribution in [3.05, 3.63) is 90.0 Å². The van der Waals surface area contributed by atoms with Crippen molar-refractivity contribution in [1.82, 2.24) is 4.98 Å². The van der Waals surface area contributed by atoms with Gasteiger partial charge in [0.15, 0.2) is 0 Å². The molecule has 141 valence electrons. The van der Waals surface area contributed by atoms with Crippen LogP contribution in [0.5, 0.6) is 0 Å². The Labute approximate surface area is 180 Å². The molecule has 0 fully saturated rings. The molecular weight excluding hydrogens is 519 g/mol. The summed E-state index contributed by atoms with van der Waals surface area (Å²) in [5.74, 6) is 0. The molecule has 0 atom stereocenters. The van der Waals surface area contributed by atoms with Gasteiger partial charge < -0.3 is 0 Å². The maximum absolute atomic E-state index is 4.89. The Hall–Kier alpha value is -2.28. The SMILES string of the molecule is CCC1(CC)c2ccccc2-c2c[c-]c(-c3ccc4ccccc4n3)cc21.[Ir]. The average molecular weight is 541 g/mol. The van der Waals surface area contributed by atoms with Crippen LogP contribution >= 0.6 is 0 Å². The summed E-state index contributed by atoms with van der Waals surface area (Å²) in [7, 11) is 0. The minimum atomic E-state index is 0. The third-order valence-corrected chi connectivity index (χ3v) is 6.28. The molecule has 1 heterocycles. The van der Waals surface area contributed by atoms with Crippen LogP contribution in [-0.2, 0) is 25.5 Å². The number of aromatic nitrogens is 1. The zero-order valence-electron chi connectivity index (χ0n) is 16.1. The predicted octanol–water partition coefficient (Wildman–Crippen LogP) is 6.79. The van der Waals surface area contributed by atoms with Crippen molar-refractivity contribution >= 4 is 10.9 Å². The number of hydrogen-bond acceptors (Lipinski definition) is 1. The zero-order chi connectivity index (χ0) is 18.4. The molecule has 0 unspecified atom stereocenters. The molecule has 1 radical (unpaired) electrons. The Morgan fingerprint density at radius 3 is 2.39 bits per heavy atom. The van der Waals surface area contributed by atoms with E-state index in [2.05, 4.69) is 86.6 Å². The van der Waals surface area contributed by atoms with Gasteiger partial charge in [-0.1, -0.05) is 79.6 Å². The summed E-state index contributed by atoms with van der Waals surface area (Å²) in [5.41, 5.74) is 8.78. The average Bonchev–Trinajstić information content (AvgIpc) is 3.03. The fourth-order valence-corrected chi connectivity index (χ4v) is 4.77. The topological polar surface area (TPSA) is 12.9 Å². The minimum Gasteiger partial charge on any atom is -0.296 e. The van der Waals surface area contributed by atoms with Crippen molar-refractivity contribution in [2.75, 3.05) is 0 Å². The van der Waals surface area contributed by atoms with Crippen LogP contribution in [0.25, 0.3) is 33.3 Å². The molecule has 0 aliphatic heterocycles. The van der Waals surface area contributed by atoms with E-state index < -0.39 is 0 Å². The van der Waals surface area contributed by atoms with Gasteiger partial charge in [-0.2, -0.15) is 0 Å². The zero-order valence-corrected chi connectivity index (χ0v) is 18.5. The first-order valence-corrected chi connectivity index (χ1v) is 9.79. The van der Waals surface area contributed by atoms with Crippen LogP contribution < -0.4 is 0 Å². The summed E-state index contributed by atoms with van der Waals surface area (Å²) < 4.78 is 0. The van der Waals surface area contributed by atoms with E-state index in [4.69, 9.17) is 4.98 Å². The maximum atomic E-state index is 4.89. The van der Waals surface area contributed by atoms with E-state index in [9.17, 15) is 0 Å². The van der Waals surface area contributed by atoms with Gasteiger partial charge in [0.1, 0.15) is 0 Å². The molecule has 0 N–H and O–H groups in total. The number of hydrogen-bond donors (Lipinski definition) is 0. The minimum absolute atomic E-state index is 0. The van der Waals surface area contributed by atoms with Crippen molar-refractivity contribution in [3.63, 3.8) is 0 Å². The third-order valence-electron chi connectivity index (χ3n) is 6.28. The first-order chi connectivity index (χ1) is 13.3. The van der Waals surface area contributed by atoms with Crippen molar-refractivity contribution in [2.24, 2.45) is 0 Å². The van der Waals surface area contributed by atoms with Gasteiger partial charge in [-0.25, -0.2) is 0 Å². The van der Waals surface area contributed by atoms with Crippen LogP contribution in [0.3, 0.4) is 0 Å². The first kappa shape index (κ1) is 19.1. The van der Waals surface area contributed by atoms with Gasteiger partial charge >= 0.3 is 0 Å². The van der Waals surface area contributed by atoms with Crippen LogP contribution in [0.15, 0.2) is 72.8 Å². The van der Waals surface area contributed by atoms with Gasteiger partial charge in [-0.15, -0.1) is 29.3 Å². The molecule has 1 aromatic heterocycles. The van der Waals surface area contributed by atoms with Crippen molar-refractivity contribution < 1.29 is 20.1 Å². The Morgan fingerprint density at radius 2 is 1.57 bits per heavy atom. The van der Waals surface area contributed by atoms with Gasteiger partial charge in [-0.3, -0.25) is 4.98 Å². The van der Waals surface area contributed by atoms with E-state index in [1.165, 1.54) is 27.6 Å². The van der Waals surface area contributed by atoms with E-state index in [-0.39, 0.29) is 25.5 Å². The third kappa shape index (κ3) is 2.67. The number of rotatable bonds is 3. The van der Waals surface area contributed by atoms with Crippen LogP contribution in [-0.4, -0.2) is 4.98 Å². The molecule has 1 aliphatic rings. The number of fused-ring (bicyclic) bond motifs is 4. The molecular formula is C26H22IrN-. The van der Waals surface area contributed by atoms with Crippen molar-refractivity contribution in [1.29, 1.82) is 0 Å². The molecule has 2 heteroatoms. The summed E-state index contributed by atoms with van der Waals surface area (Å²) in [6, 6.07) is 29.4. The van der Waals surface area contributed by atoms with E-state index in [1.54, 1.807) is 0 Å². The number of pyridine rings is 1. The second kappa shape index (κ2) is 7.28. The molecule has 1 aliphatic carbocycles. The molecule has 0 spiro atoms. The van der Waals surface area contributed by atoms with Crippen LogP contribution in [0.4, 0.5) is 0 Å². The predicted molar refractivity (Wildman–Crippen MR) is 113 cm³/mol. The number of nitrogens with zero attached hydrogens (tertiary/aromatic N) is 1. The smallest absolute Gasteiger partial charge is 0.0595 e. The maximum Gasteiger partial charge on any atom is 0.0595 e. The molecule has 28 heavy (non-hydrogen) atoms. The molecule has 0 amide bonds. The van der Waals surface area contributed by atoms with E-state index in [0.717, 1.165) is 29.6 Å². The standard InChI is InChI=1S/C26H22N.Ir/c1-3-26(4-2)22-11-7-6-10-20(22)21-15-13-19(17-23(21)26)25-16-14-18-9-5-8-12-24(18)27-25;/h5-12,14-17H,3-4H2,1-2H3;/q-1;. The molecule has 4 aromatic rings. The summed E-state index contributed by atoms with van der Waals surface area (Å²) in [5, 5.41) is 1.17. The fraction of sp³-hybridized carbons (Fsp3) is 0.192.